The first-order chi connectivity index (χ1) is 14.6. The molecule has 0 aromatic heterocycles. The van der Waals surface area contributed by atoms with Gasteiger partial charge in [0.25, 0.3) is 5.91 Å². The summed E-state index contributed by atoms with van der Waals surface area (Å²) in [7, 11) is 2.30. The zero-order chi connectivity index (χ0) is 21.1. The van der Waals surface area contributed by atoms with Crippen molar-refractivity contribution in [3.8, 4) is 0 Å². The minimum atomic E-state index is 0.124. The Balaban J connectivity index is 1.58. The average molecular weight is 406 g/mol. The molecule has 4 heteroatoms. The van der Waals surface area contributed by atoms with Crippen LogP contribution in [0.2, 0.25) is 0 Å². The third-order valence-electron chi connectivity index (χ3n) is 7.21. The van der Waals surface area contributed by atoms with E-state index in [1.165, 1.54) is 36.9 Å². The lowest BCUT2D eigenvalue weighted by atomic mass is 9.95. The van der Waals surface area contributed by atoms with Crippen molar-refractivity contribution in [2.24, 2.45) is 0 Å². The topological polar surface area (TPSA) is 26.8 Å². The molecule has 4 nitrogen and oxygen atoms in total. The van der Waals surface area contributed by atoms with Crippen LogP contribution in [0, 0.1) is 0 Å². The summed E-state index contributed by atoms with van der Waals surface area (Å²) in [4.78, 5) is 19.8. The van der Waals surface area contributed by atoms with Gasteiger partial charge in [-0.3, -0.25) is 4.79 Å². The molecule has 2 saturated heterocycles. The molecule has 1 amide bonds. The summed E-state index contributed by atoms with van der Waals surface area (Å²) in [6.07, 6.45) is 5.10. The summed E-state index contributed by atoms with van der Waals surface area (Å²) in [6.45, 7) is 6.47. The first-order valence-corrected chi connectivity index (χ1v) is 11.5. The van der Waals surface area contributed by atoms with Crippen molar-refractivity contribution in [2.45, 2.75) is 64.2 Å². The third-order valence-corrected chi connectivity index (χ3v) is 7.21. The van der Waals surface area contributed by atoms with Crippen molar-refractivity contribution >= 4 is 11.6 Å². The maximum absolute atomic E-state index is 12.7. The van der Waals surface area contributed by atoms with E-state index in [4.69, 9.17) is 0 Å². The molecule has 2 aliphatic rings. The van der Waals surface area contributed by atoms with E-state index in [0.717, 1.165) is 25.2 Å². The van der Waals surface area contributed by atoms with Crippen molar-refractivity contribution in [1.29, 1.82) is 0 Å². The van der Waals surface area contributed by atoms with Gasteiger partial charge in [0.15, 0.2) is 0 Å². The summed E-state index contributed by atoms with van der Waals surface area (Å²) in [5.41, 5.74) is 3.35. The zero-order valence-electron chi connectivity index (χ0n) is 18.6. The predicted octanol–water partition coefficient (Wildman–Crippen LogP) is 4.80. The van der Waals surface area contributed by atoms with E-state index in [1.54, 1.807) is 0 Å². The van der Waals surface area contributed by atoms with Gasteiger partial charge in [-0.1, -0.05) is 30.3 Å². The Morgan fingerprint density at radius 3 is 2.10 bits per heavy atom. The summed E-state index contributed by atoms with van der Waals surface area (Å²) in [5, 5.41) is 0. The lowest BCUT2D eigenvalue weighted by molar-refractivity contribution is 0.0773. The average Bonchev–Trinajstić information content (AvgIpc) is 2.99. The van der Waals surface area contributed by atoms with Crippen LogP contribution in [0.15, 0.2) is 54.6 Å². The van der Waals surface area contributed by atoms with Crippen LogP contribution >= 0.6 is 0 Å². The number of carbonyl (C=O) groups excluding carboxylic acids is 1. The summed E-state index contributed by atoms with van der Waals surface area (Å²) in [6, 6.07) is 21.0. The van der Waals surface area contributed by atoms with Crippen LogP contribution in [0.25, 0.3) is 0 Å². The number of hydrogen-bond acceptors (Lipinski definition) is 3. The first-order valence-electron chi connectivity index (χ1n) is 11.5. The molecule has 160 valence electrons. The molecule has 0 radical (unpaired) electrons. The van der Waals surface area contributed by atoms with Crippen LogP contribution < -0.4 is 4.90 Å². The standard InChI is InChI=1S/C26H35N3O/c1-4-28(5-2)26(30)21-11-13-22(14-12-21)29(19-20-9-7-6-8-10-20)25-17-23-15-16-24(18-25)27(23)3/h6-14,23-25H,4-5,15-19H2,1-3H3/t23-,24+,25?. The van der Waals surface area contributed by atoms with Crippen LogP contribution in [-0.2, 0) is 6.54 Å². The van der Waals surface area contributed by atoms with Crippen LogP contribution in [0.1, 0.15) is 55.5 Å². The molecule has 2 aliphatic heterocycles. The predicted molar refractivity (Wildman–Crippen MR) is 124 cm³/mol. The maximum atomic E-state index is 12.7. The van der Waals surface area contributed by atoms with E-state index in [2.05, 4.69) is 59.3 Å². The van der Waals surface area contributed by atoms with Crippen molar-refractivity contribution in [1.82, 2.24) is 9.80 Å². The van der Waals surface area contributed by atoms with Crippen LogP contribution in [0.3, 0.4) is 0 Å². The Morgan fingerprint density at radius 1 is 0.933 bits per heavy atom. The quantitative estimate of drug-likeness (QED) is 0.662. The van der Waals surface area contributed by atoms with Crippen molar-refractivity contribution in [2.75, 3.05) is 25.0 Å². The Labute approximate surface area is 181 Å². The lowest BCUT2D eigenvalue weighted by Crippen LogP contribution is -2.49. The fourth-order valence-electron chi connectivity index (χ4n) is 5.34. The van der Waals surface area contributed by atoms with Crippen LogP contribution in [0.5, 0.6) is 0 Å². The minimum Gasteiger partial charge on any atom is -0.364 e. The summed E-state index contributed by atoms with van der Waals surface area (Å²) in [5.74, 6) is 0.124. The second kappa shape index (κ2) is 9.22. The zero-order valence-corrected chi connectivity index (χ0v) is 18.6. The third kappa shape index (κ3) is 4.24. The van der Waals surface area contributed by atoms with Crippen molar-refractivity contribution in [3.05, 3.63) is 65.7 Å². The second-order valence-corrected chi connectivity index (χ2v) is 8.81. The molecular weight excluding hydrogens is 370 g/mol. The summed E-state index contributed by atoms with van der Waals surface area (Å²) >= 11 is 0. The van der Waals surface area contributed by atoms with Gasteiger partial charge < -0.3 is 14.7 Å². The van der Waals surface area contributed by atoms with Gasteiger partial charge in [-0.2, -0.15) is 0 Å². The van der Waals surface area contributed by atoms with Gasteiger partial charge in [-0.05, 0) is 76.4 Å². The molecule has 30 heavy (non-hydrogen) atoms. The molecule has 0 spiro atoms. The van der Waals surface area contributed by atoms with E-state index >= 15 is 0 Å². The number of piperidine rings is 1. The Bertz CT molecular complexity index is 817. The van der Waals surface area contributed by atoms with E-state index in [-0.39, 0.29) is 5.91 Å². The number of benzene rings is 2. The van der Waals surface area contributed by atoms with E-state index in [0.29, 0.717) is 18.1 Å². The highest BCUT2D eigenvalue weighted by Crippen LogP contribution is 2.38. The largest absolute Gasteiger partial charge is 0.364 e. The van der Waals surface area contributed by atoms with Gasteiger partial charge in [-0.25, -0.2) is 0 Å². The second-order valence-electron chi connectivity index (χ2n) is 8.81. The molecule has 2 aromatic carbocycles. The van der Waals surface area contributed by atoms with Gasteiger partial charge >= 0.3 is 0 Å². The Morgan fingerprint density at radius 2 is 1.53 bits per heavy atom. The molecule has 0 saturated carbocycles. The van der Waals surface area contributed by atoms with Crippen molar-refractivity contribution in [3.63, 3.8) is 0 Å². The molecule has 0 aliphatic carbocycles. The number of amides is 1. The monoisotopic (exact) mass is 405 g/mol. The normalized spacial score (nSPS) is 23.4. The van der Waals surface area contributed by atoms with Gasteiger partial charge in [0.1, 0.15) is 0 Å². The Kier molecular flexibility index (Phi) is 6.43. The SMILES string of the molecule is CCN(CC)C(=O)c1ccc(N(Cc2ccccc2)C2C[C@H]3CC[C@@H](C2)N3C)cc1. The number of anilines is 1. The van der Waals surface area contributed by atoms with E-state index in [1.807, 2.05) is 30.9 Å². The highest BCUT2D eigenvalue weighted by molar-refractivity contribution is 5.94. The van der Waals surface area contributed by atoms with E-state index < -0.39 is 0 Å². The molecule has 1 unspecified atom stereocenters. The van der Waals surface area contributed by atoms with Crippen LogP contribution in [-0.4, -0.2) is 54.0 Å². The highest BCUT2D eigenvalue weighted by atomic mass is 16.2. The fourth-order valence-corrected chi connectivity index (χ4v) is 5.34. The fraction of sp³-hybridized carbons (Fsp3) is 0.500. The molecule has 2 heterocycles. The molecular formula is C26H35N3O. The smallest absolute Gasteiger partial charge is 0.253 e. The maximum Gasteiger partial charge on any atom is 0.253 e. The highest BCUT2D eigenvalue weighted by Gasteiger charge is 2.40. The van der Waals surface area contributed by atoms with Gasteiger partial charge in [0.05, 0.1) is 0 Å². The number of fused-ring (bicyclic) bond motifs is 2. The molecule has 0 N–H and O–H groups in total. The molecule has 2 aromatic rings. The number of nitrogens with zero attached hydrogens (tertiary/aromatic N) is 3. The minimum absolute atomic E-state index is 0.124. The van der Waals surface area contributed by atoms with E-state index in [9.17, 15) is 4.79 Å². The summed E-state index contributed by atoms with van der Waals surface area (Å²) < 4.78 is 0. The van der Waals surface area contributed by atoms with Crippen LogP contribution in [0.4, 0.5) is 5.69 Å². The Hall–Kier alpha value is -2.33. The lowest BCUT2D eigenvalue weighted by Gasteiger charge is -2.43. The van der Waals surface area contributed by atoms with Gasteiger partial charge in [-0.15, -0.1) is 0 Å². The van der Waals surface area contributed by atoms with Gasteiger partial charge in [0.2, 0.25) is 0 Å². The molecule has 2 bridgehead atoms. The number of carbonyl (C=O) groups is 1. The molecule has 4 rings (SSSR count). The first kappa shape index (κ1) is 20.9. The molecule has 3 atom stereocenters. The van der Waals surface area contributed by atoms with Gasteiger partial charge in [0, 0.05) is 49.0 Å². The van der Waals surface area contributed by atoms with Crippen molar-refractivity contribution < 1.29 is 4.79 Å². The number of rotatable bonds is 7. The molecule has 2 fully saturated rings. The number of hydrogen-bond donors (Lipinski definition) is 0.